The molecule has 0 aliphatic heterocycles. The highest BCUT2D eigenvalue weighted by atomic mass is 127. The van der Waals surface area contributed by atoms with Gasteiger partial charge < -0.3 is 10.4 Å². The molecule has 0 saturated heterocycles. The molecular weight excluding hydrogens is 341 g/mol. The zero-order valence-electron chi connectivity index (χ0n) is 10.6. The minimum Gasteiger partial charge on any atom is -0.507 e. The normalized spacial score (nSPS) is 27.2. The third-order valence-electron chi connectivity index (χ3n) is 3.99. The van der Waals surface area contributed by atoms with Gasteiger partial charge in [0.05, 0.1) is 3.57 Å². The zero-order valence-corrected chi connectivity index (χ0v) is 12.8. The lowest BCUT2D eigenvalue weighted by Crippen LogP contribution is -2.37. The molecule has 3 nitrogen and oxygen atoms in total. The van der Waals surface area contributed by atoms with Gasteiger partial charge in [-0.25, -0.2) is 0 Å². The van der Waals surface area contributed by atoms with Crippen LogP contribution in [0.5, 0.6) is 5.75 Å². The Morgan fingerprint density at radius 2 is 2.11 bits per heavy atom. The number of halogens is 1. The Morgan fingerprint density at radius 3 is 2.67 bits per heavy atom. The van der Waals surface area contributed by atoms with Crippen LogP contribution in [0.1, 0.15) is 37.0 Å². The smallest absolute Gasteiger partial charge is 0.251 e. The van der Waals surface area contributed by atoms with Crippen LogP contribution in [-0.4, -0.2) is 17.1 Å². The van der Waals surface area contributed by atoms with Crippen molar-refractivity contribution in [1.82, 2.24) is 5.32 Å². The fraction of sp³-hybridized carbons (Fsp3) is 0.500. The molecule has 0 heterocycles. The van der Waals surface area contributed by atoms with Gasteiger partial charge in [-0.3, -0.25) is 4.79 Å². The summed E-state index contributed by atoms with van der Waals surface area (Å²) in [6.07, 6.45) is 2.22. The van der Waals surface area contributed by atoms with Crippen LogP contribution in [0, 0.1) is 15.4 Å². The zero-order chi connectivity index (χ0) is 13.3. The lowest BCUT2D eigenvalue weighted by molar-refractivity contribution is 0.0927. The first-order valence-corrected chi connectivity index (χ1v) is 7.36. The minimum atomic E-state index is -0.0901. The van der Waals surface area contributed by atoms with Crippen molar-refractivity contribution >= 4 is 28.5 Å². The van der Waals surface area contributed by atoms with Crippen LogP contribution in [-0.2, 0) is 0 Å². The summed E-state index contributed by atoms with van der Waals surface area (Å²) in [5.41, 5.74) is 0.527. The van der Waals surface area contributed by atoms with E-state index >= 15 is 0 Å². The van der Waals surface area contributed by atoms with E-state index in [9.17, 15) is 9.90 Å². The highest BCUT2D eigenvalue weighted by Crippen LogP contribution is 2.31. The van der Waals surface area contributed by atoms with E-state index in [2.05, 4.69) is 19.2 Å². The Balaban J connectivity index is 2.06. The molecule has 0 aromatic heterocycles. The molecule has 1 saturated carbocycles. The van der Waals surface area contributed by atoms with Gasteiger partial charge in [0.2, 0.25) is 0 Å². The maximum atomic E-state index is 12.1. The maximum Gasteiger partial charge on any atom is 0.251 e. The first kappa shape index (κ1) is 13.6. The molecule has 0 bridgehead atoms. The van der Waals surface area contributed by atoms with Crippen molar-refractivity contribution in [2.45, 2.75) is 32.7 Å². The summed E-state index contributed by atoms with van der Waals surface area (Å²) in [4.78, 5) is 12.1. The largest absolute Gasteiger partial charge is 0.507 e. The highest BCUT2D eigenvalue weighted by Gasteiger charge is 2.30. The summed E-state index contributed by atoms with van der Waals surface area (Å²) in [7, 11) is 0. The van der Waals surface area contributed by atoms with Crippen molar-refractivity contribution < 1.29 is 9.90 Å². The van der Waals surface area contributed by atoms with Crippen LogP contribution in [0.15, 0.2) is 18.2 Å². The number of amides is 1. The van der Waals surface area contributed by atoms with Crippen LogP contribution in [0.4, 0.5) is 0 Å². The molecule has 98 valence electrons. The minimum absolute atomic E-state index is 0.0901. The Bertz CT molecular complexity index is 461. The molecule has 1 amide bonds. The van der Waals surface area contributed by atoms with Crippen molar-refractivity contribution in [3.63, 3.8) is 0 Å². The summed E-state index contributed by atoms with van der Waals surface area (Å²) in [5, 5.41) is 12.7. The number of phenolic OH excluding ortho intramolecular Hbond substituents is 1. The predicted molar refractivity (Wildman–Crippen MR) is 79.6 cm³/mol. The molecule has 0 radical (unpaired) electrons. The van der Waals surface area contributed by atoms with E-state index < -0.39 is 0 Å². The topological polar surface area (TPSA) is 49.3 Å². The third kappa shape index (κ3) is 2.79. The lowest BCUT2D eigenvalue weighted by atomic mass is 9.97. The van der Waals surface area contributed by atoms with Crippen molar-refractivity contribution in [1.29, 1.82) is 0 Å². The van der Waals surface area contributed by atoms with E-state index in [0.29, 0.717) is 17.4 Å². The Hall–Kier alpha value is -0.780. The van der Waals surface area contributed by atoms with Gasteiger partial charge in [0, 0.05) is 11.6 Å². The molecule has 3 unspecified atom stereocenters. The van der Waals surface area contributed by atoms with Gasteiger partial charge in [-0.1, -0.05) is 13.8 Å². The van der Waals surface area contributed by atoms with Crippen molar-refractivity contribution in [3.8, 4) is 5.75 Å². The second kappa shape index (κ2) is 5.47. The Morgan fingerprint density at radius 1 is 1.39 bits per heavy atom. The van der Waals surface area contributed by atoms with Crippen LogP contribution < -0.4 is 5.32 Å². The average molecular weight is 359 g/mol. The Labute approximate surface area is 121 Å². The number of benzene rings is 1. The van der Waals surface area contributed by atoms with E-state index in [1.165, 1.54) is 12.5 Å². The van der Waals surface area contributed by atoms with E-state index in [0.717, 1.165) is 9.99 Å². The summed E-state index contributed by atoms with van der Waals surface area (Å²) < 4.78 is 0.756. The van der Waals surface area contributed by atoms with E-state index in [1.54, 1.807) is 12.1 Å². The van der Waals surface area contributed by atoms with Crippen molar-refractivity contribution in [2.24, 2.45) is 11.8 Å². The highest BCUT2D eigenvalue weighted by molar-refractivity contribution is 14.1. The Kier molecular flexibility index (Phi) is 4.14. The van der Waals surface area contributed by atoms with Gasteiger partial charge in [-0.05, 0) is 65.5 Å². The number of carbonyl (C=O) groups is 1. The first-order valence-electron chi connectivity index (χ1n) is 6.28. The van der Waals surface area contributed by atoms with E-state index in [4.69, 9.17) is 0 Å². The molecule has 1 aliphatic carbocycles. The molecule has 2 N–H and O–H groups in total. The molecule has 2 rings (SSSR count). The van der Waals surface area contributed by atoms with Gasteiger partial charge in [0.1, 0.15) is 5.75 Å². The second-order valence-corrected chi connectivity index (χ2v) is 6.32. The number of carbonyl (C=O) groups excluding carboxylic acids is 1. The summed E-state index contributed by atoms with van der Waals surface area (Å²) in [6.45, 7) is 4.42. The van der Waals surface area contributed by atoms with Gasteiger partial charge in [0.15, 0.2) is 0 Å². The molecule has 18 heavy (non-hydrogen) atoms. The maximum absolute atomic E-state index is 12.1. The number of hydrogen-bond donors (Lipinski definition) is 2. The molecular formula is C14H18INO2. The van der Waals surface area contributed by atoms with Crippen LogP contribution in [0.25, 0.3) is 0 Å². The molecule has 1 aromatic carbocycles. The predicted octanol–water partition coefficient (Wildman–Crippen LogP) is 3.16. The van der Waals surface area contributed by atoms with Crippen LogP contribution in [0.3, 0.4) is 0 Å². The molecule has 0 spiro atoms. The van der Waals surface area contributed by atoms with Crippen LogP contribution >= 0.6 is 22.6 Å². The SMILES string of the molecule is CC1CCC(NC(=O)c2ccc(I)c(O)c2)C1C. The van der Waals surface area contributed by atoms with Gasteiger partial charge in [-0.15, -0.1) is 0 Å². The van der Waals surface area contributed by atoms with Gasteiger partial charge in [0.25, 0.3) is 5.91 Å². The summed E-state index contributed by atoms with van der Waals surface area (Å²) >= 11 is 2.04. The average Bonchev–Trinajstić information content (AvgIpc) is 2.64. The number of phenols is 1. The monoisotopic (exact) mass is 359 g/mol. The van der Waals surface area contributed by atoms with Gasteiger partial charge >= 0.3 is 0 Å². The quantitative estimate of drug-likeness (QED) is 0.797. The van der Waals surface area contributed by atoms with E-state index in [-0.39, 0.29) is 17.7 Å². The van der Waals surface area contributed by atoms with Crippen molar-refractivity contribution in [2.75, 3.05) is 0 Å². The molecule has 3 atom stereocenters. The standard InChI is InChI=1S/C14H18INO2/c1-8-3-6-12(9(8)2)16-14(18)10-4-5-11(15)13(17)7-10/h4-5,7-9,12,17H,3,6H2,1-2H3,(H,16,18). The fourth-order valence-corrected chi connectivity index (χ4v) is 2.81. The number of rotatable bonds is 2. The van der Waals surface area contributed by atoms with E-state index in [1.807, 2.05) is 22.6 Å². The first-order chi connectivity index (χ1) is 8.49. The number of nitrogens with one attached hydrogen (secondary N) is 1. The lowest BCUT2D eigenvalue weighted by Gasteiger charge is -2.19. The second-order valence-electron chi connectivity index (χ2n) is 5.16. The third-order valence-corrected chi connectivity index (χ3v) is 4.90. The fourth-order valence-electron chi connectivity index (χ4n) is 2.47. The van der Waals surface area contributed by atoms with Crippen molar-refractivity contribution in [3.05, 3.63) is 27.3 Å². The summed E-state index contributed by atoms with van der Waals surface area (Å²) in [6, 6.07) is 5.29. The van der Waals surface area contributed by atoms with Crippen LogP contribution in [0.2, 0.25) is 0 Å². The number of hydrogen-bond acceptors (Lipinski definition) is 2. The number of aromatic hydroxyl groups is 1. The molecule has 1 aromatic rings. The molecule has 1 aliphatic rings. The molecule has 4 heteroatoms. The summed E-state index contributed by atoms with van der Waals surface area (Å²) in [5.74, 6) is 1.26. The van der Waals surface area contributed by atoms with Gasteiger partial charge in [-0.2, -0.15) is 0 Å². The molecule has 1 fully saturated rings.